The van der Waals surface area contributed by atoms with Gasteiger partial charge in [-0.05, 0) is 36.9 Å². The number of rotatable bonds is 5. The predicted molar refractivity (Wildman–Crippen MR) is 91.3 cm³/mol. The molecule has 2 N–H and O–H groups in total. The van der Waals surface area contributed by atoms with Crippen molar-refractivity contribution in [3.63, 3.8) is 0 Å². The van der Waals surface area contributed by atoms with Crippen molar-refractivity contribution < 1.29 is 27.2 Å². The first-order valence-corrected chi connectivity index (χ1v) is 7.85. The number of amides is 3. The van der Waals surface area contributed by atoms with Crippen LogP contribution >= 0.6 is 0 Å². The molecule has 0 heterocycles. The van der Waals surface area contributed by atoms with Crippen LogP contribution in [-0.2, 0) is 17.5 Å². The van der Waals surface area contributed by atoms with Gasteiger partial charge in [-0.25, -0.2) is 9.18 Å². The fraction of sp³-hybridized carbons (Fsp3) is 0.222. The maximum absolute atomic E-state index is 13.4. The number of nitrogens with one attached hydrogen (secondary N) is 2. The summed E-state index contributed by atoms with van der Waals surface area (Å²) >= 11 is 0. The average Bonchev–Trinajstić information content (AvgIpc) is 2.56. The molecule has 0 saturated carbocycles. The van der Waals surface area contributed by atoms with Gasteiger partial charge in [-0.3, -0.25) is 15.0 Å². The monoisotopic (exact) mass is 383 g/mol. The molecule has 0 unspecified atom stereocenters. The van der Waals surface area contributed by atoms with E-state index in [1.54, 1.807) is 7.05 Å². The zero-order valence-corrected chi connectivity index (χ0v) is 14.3. The largest absolute Gasteiger partial charge is 0.416 e. The van der Waals surface area contributed by atoms with Gasteiger partial charge < -0.3 is 5.32 Å². The molecule has 0 radical (unpaired) electrons. The molecular formula is C18H17F4N3O2. The molecule has 0 bridgehead atoms. The number of nitrogens with zero attached hydrogens (tertiary/aromatic N) is 1. The summed E-state index contributed by atoms with van der Waals surface area (Å²) in [7, 11) is 1.58. The van der Waals surface area contributed by atoms with Gasteiger partial charge in [-0.1, -0.05) is 24.3 Å². The minimum absolute atomic E-state index is 0.0686. The standard InChI is InChI=1S/C18H17F4N3O2/c1-25(10-12-6-8-13(9-7-12)18(20,21)22)11-16(26)24-17(27)23-15-5-3-2-4-14(15)19/h2-9H,10-11H2,1H3,(H2,23,24,26,27). The molecule has 2 rings (SSSR count). The van der Waals surface area contributed by atoms with Crippen LogP contribution in [-0.4, -0.2) is 30.4 Å². The van der Waals surface area contributed by atoms with Crippen molar-refractivity contribution in [2.24, 2.45) is 0 Å². The first kappa shape index (κ1) is 20.4. The molecule has 0 fully saturated rings. The van der Waals surface area contributed by atoms with Crippen LogP contribution in [0.15, 0.2) is 48.5 Å². The van der Waals surface area contributed by atoms with Crippen molar-refractivity contribution >= 4 is 17.6 Å². The number of anilines is 1. The summed E-state index contributed by atoms with van der Waals surface area (Å²) in [5, 5.41) is 4.27. The number of para-hydroxylation sites is 1. The summed E-state index contributed by atoms with van der Waals surface area (Å²) in [6.45, 7) is 0.0339. The number of likely N-dealkylation sites (N-methyl/N-ethyl adjacent to an activating group) is 1. The maximum Gasteiger partial charge on any atom is 0.416 e. The third-order valence-corrected chi connectivity index (χ3v) is 3.52. The fourth-order valence-corrected chi connectivity index (χ4v) is 2.29. The van der Waals surface area contributed by atoms with Crippen molar-refractivity contribution in [1.29, 1.82) is 0 Å². The SMILES string of the molecule is CN(CC(=O)NC(=O)Nc1ccccc1F)Cc1ccc(C(F)(F)F)cc1. The van der Waals surface area contributed by atoms with E-state index in [9.17, 15) is 27.2 Å². The predicted octanol–water partition coefficient (Wildman–Crippen LogP) is 3.62. The van der Waals surface area contributed by atoms with Gasteiger partial charge in [0.1, 0.15) is 5.82 Å². The lowest BCUT2D eigenvalue weighted by atomic mass is 10.1. The highest BCUT2D eigenvalue weighted by Crippen LogP contribution is 2.29. The molecule has 0 aliphatic carbocycles. The van der Waals surface area contributed by atoms with Crippen LogP contribution < -0.4 is 10.6 Å². The number of urea groups is 1. The number of carbonyl (C=O) groups is 2. The Morgan fingerprint density at radius 1 is 1.04 bits per heavy atom. The van der Waals surface area contributed by atoms with Gasteiger partial charge in [0.15, 0.2) is 0 Å². The van der Waals surface area contributed by atoms with E-state index >= 15 is 0 Å². The zero-order chi connectivity index (χ0) is 20.0. The first-order valence-electron chi connectivity index (χ1n) is 7.85. The molecule has 5 nitrogen and oxygen atoms in total. The maximum atomic E-state index is 13.4. The number of benzene rings is 2. The third-order valence-electron chi connectivity index (χ3n) is 3.52. The molecule has 9 heteroatoms. The Hall–Kier alpha value is -2.94. The number of hydrogen-bond acceptors (Lipinski definition) is 3. The summed E-state index contributed by atoms with van der Waals surface area (Å²) < 4.78 is 51.0. The number of alkyl halides is 3. The Morgan fingerprint density at radius 3 is 2.26 bits per heavy atom. The van der Waals surface area contributed by atoms with Gasteiger partial charge in [0, 0.05) is 6.54 Å². The molecule has 2 aromatic carbocycles. The molecule has 2 aromatic rings. The molecule has 0 spiro atoms. The van der Waals surface area contributed by atoms with Crippen LogP contribution in [0.25, 0.3) is 0 Å². The van der Waals surface area contributed by atoms with E-state index in [0.29, 0.717) is 5.56 Å². The summed E-state index contributed by atoms with van der Waals surface area (Å²) in [6.07, 6.45) is -4.41. The summed E-state index contributed by atoms with van der Waals surface area (Å²) in [4.78, 5) is 25.1. The van der Waals surface area contributed by atoms with Crippen molar-refractivity contribution in [2.75, 3.05) is 18.9 Å². The summed E-state index contributed by atoms with van der Waals surface area (Å²) in [5.74, 6) is -1.28. The van der Waals surface area contributed by atoms with Crippen molar-refractivity contribution in [3.05, 3.63) is 65.5 Å². The average molecular weight is 383 g/mol. The second-order valence-electron chi connectivity index (χ2n) is 5.85. The number of hydrogen-bond donors (Lipinski definition) is 2. The molecule has 0 saturated heterocycles. The smallest absolute Gasteiger partial charge is 0.305 e. The van der Waals surface area contributed by atoms with Crippen LogP contribution in [0.4, 0.5) is 28.0 Å². The lowest BCUT2D eigenvalue weighted by Crippen LogP contribution is -2.40. The van der Waals surface area contributed by atoms with Crippen LogP contribution in [0, 0.1) is 5.82 Å². The summed E-state index contributed by atoms with van der Waals surface area (Å²) in [6, 6.07) is 9.18. The number of carbonyl (C=O) groups excluding carboxylic acids is 2. The molecule has 0 atom stereocenters. The highest BCUT2D eigenvalue weighted by molar-refractivity contribution is 6.01. The second kappa shape index (κ2) is 8.63. The minimum atomic E-state index is -4.41. The van der Waals surface area contributed by atoms with E-state index in [-0.39, 0.29) is 18.8 Å². The van der Waals surface area contributed by atoms with Gasteiger partial charge in [-0.2, -0.15) is 13.2 Å². The van der Waals surface area contributed by atoms with Gasteiger partial charge in [-0.15, -0.1) is 0 Å². The normalized spacial score (nSPS) is 11.3. The quantitative estimate of drug-likeness (QED) is 0.776. The van der Waals surface area contributed by atoms with Crippen LogP contribution in [0.3, 0.4) is 0 Å². The van der Waals surface area contributed by atoms with E-state index in [0.717, 1.165) is 18.2 Å². The van der Waals surface area contributed by atoms with Gasteiger partial charge >= 0.3 is 12.2 Å². The highest BCUT2D eigenvalue weighted by atomic mass is 19.4. The van der Waals surface area contributed by atoms with E-state index in [4.69, 9.17) is 0 Å². The molecule has 0 aliphatic rings. The topological polar surface area (TPSA) is 61.4 Å². The Kier molecular flexibility index (Phi) is 6.51. The molecule has 0 aliphatic heterocycles. The number of halogens is 4. The Labute approximate surface area is 153 Å². The van der Waals surface area contributed by atoms with Crippen LogP contribution in [0.2, 0.25) is 0 Å². The molecule has 3 amide bonds. The second-order valence-corrected chi connectivity index (χ2v) is 5.85. The third kappa shape index (κ3) is 6.37. The molecule has 27 heavy (non-hydrogen) atoms. The first-order chi connectivity index (χ1) is 12.6. The van der Waals surface area contributed by atoms with Gasteiger partial charge in [0.2, 0.25) is 5.91 Å². The summed E-state index contributed by atoms with van der Waals surface area (Å²) in [5.41, 5.74) is -0.244. The molecule has 144 valence electrons. The van der Waals surface area contributed by atoms with E-state index in [1.807, 2.05) is 0 Å². The van der Waals surface area contributed by atoms with Gasteiger partial charge in [0.05, 0.1) is 17.8 Å². The van der Waals surface area contributed by atoms with Crippen LogP contribution in [0.5, 0.6) is 0 Å². The lowest BCUT2D eigenvalue weighted by Gasteiger charge is -2.16. The zero-order valence-electron chi connectivity index (χ0n) is 14.3. The Balaban J connectivity index is 1.83. The number of imide groups is 1. The Morgan fingerprint density at radius 2 is 1.67 bits per heavy atom. The lowest BCUT2D eigenvalue weighted by molar-refractivity contribution is -0.137. The highest BCUT2D eigenvalue weighted by Gasteiger charge is 2.29. The minimum Gasteiger partial charge on any atom is -0.305 e. The van der Waals surface area contributed by atoms with E-state index in [2.05, 4.69) is 10.6 Å². The van der Waals surface area contributed by atoms with E-state index in [1.165, 1.54) is 35.2 Å². The molecular weight excluding hydrogens is 366 g/mol. The Bertz CT molecular complexity index is 807. The van der Waals surface area contributed by atoms with Crippen molar-refractivity contribution in [2.45, 2.75) is 12.7 Å². The van der Waals surface area contributed by atoms with Crippen molar-refractivity contribution in [3.8, 4) is 0 Å². The van der Waals surface area contributed by atoms with Gasteiger partial charge in [0.25, 0.3) is 0 Å². The van der Waals surface area contributed by atoms with Crippen LogP contribution in [0.1, 0.15) is 11.1 Å². The molecule has 0 aromatic heterocycles. The van der Waals surface area contributed by atoms with Crippen molar-refractivity contribution in [1.82, 2.24) is 10.2 Å². The fourth-order valence-electron chi connectivity index (χ4n) is 2.29. The van der Waals surface area contributed by atoms with E-state index < -0.39 is 29.5 Å².